The summed E-state index contributed by atoms with van der Waals surface area (Å²) in [5.41, 5.74) is 2.55. The minimum Gasteiger partial charge on any atom is -0.870 e. The first-order valence-corrected chi connectivity index (χ1v) is 6.39. The number of methoxy groups -OCH3 is 1. The summed E-state index contributed by atoms with van der Waals surface area (Å²) in [6, 6.07) is 20.8. The van der Waals surface area contributed by atoms with Gasteiger partial charge in [0.15, 0.2) is 0 Å². The van der Waals surface area contributed by atoms with E-state index in [0.29, 0.717) is 0 Å². The van der Waals surface area contributed by atoms with Crippen LogP contribution in [0.2, 0.25) is 0 Å². The Hall–Kier alpha value is -1.57. The minimum atomic E-state index is -0.245. The van der Waals surface area contributed by atoms with Gasteiger partial charge in [-0.05, 0) is 11.1 Å². The van der Waals surface area contributed by atoms with Gasteiger partial charge in [0, 0.05) is 6.92 Å². The van der Waals surface area contributed by atoms with E-state index in [1.807, 2.05) is 26.0 Å². The van der Waals surface area contributed by atoms with Gasteiger partial charge in [0.2, 0.25) is 0 Å². The van der Waals surface area contributed by atoms with E-state index < -0.39 is 0 Å². The first-order chi connectivity index (χ1) is 9.24. The molecule has 0 bridgehead atoms. The molecule has 0 aliphatic rings. The monoisotopic (exact) mass is 300 g/mol. The molecule has 22 heavy (non-hydrogen) atoms. The van der Waals surface area contributed by atoms with Crippen molar-refractivity contribution in [2.45, 2.75) is 20.8 Å². The fourth-order valence-electron chi connectivity index (χ4n) is 1.26. The number of hydrogen-bond donors (Lipinski definition) is 0. The Balaban J connectivity index is -0.000000143. The molecule has 3 N–H and O–H groups in total. The first kappa shape index (κ1) is 28.6. The molecule has 118 valence electrons. The predicted octanol–water partition coefficient (Wildman–Crippen LogP) is 0.562. The molecule has 4 nitrogen and oxygen atoms in total. The van der Waals surface area contributed by atoms with Crippen LogP contribution in [0.15, 0.2) is 60.7 Å². The third kappa shape index (κ3) is 13.4. The standard InChI is InChI=1S/C12H10.C3H6O2.C2H6.Li.2H2O/c1-3-7-11(8-4-1)12-9-5-2-6-10-12;1-3(4)5-2;1-2;;;/h1-10H;1-2H3;1-2H3;;2*1H2/q;;;+1;;/p-1. The SMILES string of the molecule is CC.COC(C)=O.O.[Li+].[OH-].c1ccc(-c2ccccc2)cc1. The van der Waals surface area contributed by atoms with Gasteiger partial charge in [-0.1, -0.05) is 74.5 Å². The molecule has 0 radical (unpaired) electrons. The van der Waals surface area contributed by atoms with Crippen molar-refractivity contribution < 1.29 is 39.3 Å². The summed E-state index contributed by atoms with van der Waals surface area (Å²) < 4.78 is 4.11. The van der Waals surface area contributed by atoms with Crippen molar-refractivity contribution in [2.75, 3.05) is 7.11 Å². The molecule has 0 amide bonds. The van der Waals surface area contributed by atoms with Crippen molar-refractivity contribution in [3.8, 4) is 11.1 Å². The molecular formula is C17H25LiO4. The third-order valence-electron chi connectivity index (χ3n) is 2.17. The van der Waals surface area contributed by atoms with E-state index in [1.54, 1.807) is 0 Å². The molecule has 2 aromatic carbocycles. The smallest absolute Gasteiger partial charge is 0.870 e. The van der Waals surface area contributed by atoms with Crippen LogP contribution in [0, 0.1) is 0 Å². The molecule has 0 saturated heterocycles. The zero-order chi connectivity index (χ0) is 14.5. The zero-order valence-corrected chi connectivity index (χ0v) is 14.0. The molecule has 0 saturated carbocycles. The quantitative estimate of drug-likeness (QED) is 0.569. The van der Waals surface area contributed by atoms with E-state index in [9.17, 15) is 4.79 Å². The molecule has 0 aliphatic heterocycles. The van der Waals surface area contributed by atoms with E-state index in [1.165, 1.54) is 25.2 Å². The average molecular weight is 300 g/mol. The van der Waals surface area contributed by atoms with Gasteiger partial charge in [0.25, 0.3) is 0 Å². The van der Waals surface area contributed by atoms with E-state index in [4.69, 9.17) is 0 Å². The van der Waals surface area contributed by atoms with Crippen molar-refractivity contribution in [2.24, 2.45) is 0 Å². The molecule has 2 aromatic rings. The number of esters is 1. The third-order valence-corrected chi connectivity index (χ3v) is 2.17. The van der Waals surface area contributed by atoms with E-state index in [0.717, 1.165) is 0 Å². The van der Waals surface area contributed by atoms with Crippen LogP contribution >= 0.6 is 0 Å². The van der Waals surface area contributed by atoms with Gasteiger partial charge in [0.05, 0.1) is 7.11 Å². The van der Waals surface area contributed by atoms with Crippen molar-refractivity contribution in [1.82, 2.24) is 0 Å². The molecule has 0 fully saturated rings. The Kier molecular flexibility index (Phi) is 25.2. The Bertz CT molecular complexity index is 409. The van der Waals surface area contributed by atoms with Crippen LogP contribution in [0.5, 0.6) is 0 Å². The van der Waals surface area contributed by atoms with Gasteiger partial charge in [-0.2, -0.15) is 0 Å². The van der Waals surface area contributed by atoms with Gasteiger partial charge in [-0.3, -0.25) is 4.79 Å². The normalized spacial score (nSPS) is 7.09. The second-order valence-corrected chi connectivity index (χ2v) is 3.43. The predicted molar refractivity (Wildman–Crippen MR) is 86.5 cm³/mol. The van der Waals surface area contributed by atoms with Crippen molar-refractivity contribution in [3.63, 3.8) is 0 Å². The van der Waals surface area contributed by atoms with E-state index >= 15 is 0 Å². The van der Waals surface area contributed by atoms with Gasteiger partial charge < -0.3 is 15.7 Å². The first-order valence-electron chi connectivity index (χ1n) is 6.39. The topological polar surface area (TPSA) is 87.8 Å². The molecule has 0 aliphatic carbocycles. The number of hydrogen-bond acceptors (Lipinski definition) is 3. The summed E-state index contributed by atoms with van der Waals surface area (Å²) in [5, 5.41) is 0. The molecule has 5 heteroatoms. The van der Waals surface area contributed by atoms with Gasteiger partial charge >= 0.3 is 24.8 Å². The molecule has 0 spiro atoms. The fourth-order valence-corrected chi connectivity index (χ4v) is 1.26. The average Bonchev–Trinajstić information content (AvgIpc) is 2.51. The number of carbonyl (C=O) groups is 1. The van der Waals surface area contributed by atoms with Crippen LogP contribution in [-0.2, 0) is 9.53 Å². The Labute approximate surface area is 145 Å². The van der Waals surface area contributed by atoms with E-state index in [2.05, 4.69) is 53.3 Å². The summed E-state index contributed by atoms with van der Waals surface area (Å²) >= 11 is 0. The maximum atomic E-state index is 9.59. The van der Waals surface area contributed by atoms with Crippen molar-refractivity contribution in [1.29, 1.82) is 0 Å². The fraction of sp³-hybridized carbons (Fsp3) is 0.235. The number of ether oxygens (including phenoxy) is 1. The van der Waals surface area contributed by atoms with Crippen LogP contribution in [-0.4, -0.2) is 24.0 Å². The van der Waals surface area contributed by atoms with E-state index in [-0.39, 0.29) is 35.8 Å². The van der Waals surface area contributed by atoms with Crippen molar-refractivity contribution in [3.05, 3.63) is 60.7 Å². The Morgan fingerprint density at radius 3 is 1.23 bits per heavy atom. The summed E-state index contributed by atoms with van der Waals surface area (Å²) in [4.78, 5) is 9.59. The molecule has 0 aromatic heterocycles. The molecule has 0 heterocycles. The molecule has 0 atom stereocenters. The second kappa shape index (κ2) is 19.4. The Morgan fingerprint density at radius 1 is 0.818 bits per heavy atom. The Morgan fingerprint density at radius 2 is 1.05 bits per heavy atom. The minimum absolute atomic E-state index is 0. The maximum absolute atomic E-state index is 9.59. The van der Waals surface area contributed by atoms with Crippen LogP contribution in [0.3, 0.4) is 0 Å². The number of carbonyl (C=O) groups excluding carboxylic acids is 1. The van der Waals surface area contributed by atoms with Crippen LogP contribution in [0.25, 0.3) is 11.1 Å². The van der Waals surface area contributed by atoms with Crippen LogP contribution < -0.4 is 18.9 Å². The van der Waals surface area contributed by atoms with Crippen LogP contribution in [0.4, 0.5) is 0 Å². The zero-order valence-electron chi connectivity index (χ0n) is 14.0. The van der Waals surface area contributed by atoms with Crippen molar-refractivity contribution >= 4 is 5.97 Å². The molecule has 2 rings (SSSR count). The number of benzene rings is 2. The number of rotatable bonds is 1. The van der Waals surface area contributed by atoms with Gasteiger partial charge in [-0.15, -0.1) is 0 Å². The molecular weight excluding hydrogens is 275 g/mol. The van der Waals surface area contributed by atoms with Gasteiger partial charge in [0.1, 0.15) is 0 Å². The summed E-state index contributed by atoms with van der Waals surface area (Å²) in [5.74, 6) is -0.245. The maximum Gasteiger partial charge on any atom is 1.00 e. The van der Waals surface area contributed by atoms with Gasteiger partial charge in [-0.25, -0.2) is 0 Å². The summed E-state index contributed by atoms with van der Waals surface area (Å²) in [7, 11) is 1.35. The van der Waals surface area contributed by atoms with Crippen LogP contribution in [0.1, 0.15) is 20.8 Å². The second-order valence-electron chi connectivity index (χ2n) is 3.43. The molecule has 0 unspecified atom stereocenters. The largest absolute Gasteiger partial charge is 1.00 e. The summed E-state index contributed by atoms with van der Waals surface area (Å²) in [6.45, 7) is 5.36. The summed E-state index contributed by atoms with van der Waals surface area (Å²) in [6.07, 6.45) is 0.